The SMILES string of the molecule is COc1ccc(NS(=O)(=O)c2cc(NC(=O)c3oc4ccccc4c3C)ccc2N2CCCC2)cc1. The lowest BCUT2D eigenvalue weighted by Gasteiger charge is -2.22. The van der Waals surface area contributed by atoms with Crippen LogP contribution in [0.1, 0.15) is 29.0 Å². The van der Waals surface area contributed by atoms with Crippen LogP contribution >= 0.6 is 0 Å². The predicted octanol–water partition coefficient (Wildman–Crippen LogP) is 5.40. The fourth-order valence-corrected chi connectivity index (χ4v) is 5.79. The minimum absolute atomic E-state index is 0.0966. The summed E-state index contributed by atoms with van der Waals surface area (Å²) in [5.74, 6) is 0.381. The number of nitrogens with one attached hydrogen (secondary N) is 2. The Morgan fingerprint density at radius 3 is 2.36 bits per heavy atom. The van der Waals surface area contributed by atoms with Crippen LogP contribution in [0.2, 0.25) is 0 Å². The van der Waals surface area contributed by atoms with E-state index in [2.05, 4.69) is 14.9 Å². The molecule has 2 heterocycles. The van der Waals surface area contributed by atoms with Crippen molar-refractivity contribution in [2.45, 2.75) is 24.7 Å². The van der Waals surface area contributed by atoms with Crippen molar-refractivity contribution in [1.82, 2.24) is 0 Å². The summed E-state index contributed by atoms with van der Waals surface area (Å²) < 4.78 is 40.6. The number of fused-ring (bicyclic) bond motifs is 1. The van der Waals surface area contributed by atoms with Crippen LogP contribution in [0.3, 0.4) is 0 Å². The van der Waals surface area contributed by atoms with Gasteiger partial charge in [-0.15, -0.1) is 0 Å². The summed E-state index contributed by atoms with van der Waals surface area (Å²) >= 11 is 0. The van der Waals surface area contributed by atoms with E-state index in [1.54, 1.807) is 49.6 Å². The zero-order valence-electron chi connectivity index (χ0n) is 20.1. The average molecular weight is 506 g/mol. The molecule has 1 fully saturated rings. The summed E-state index contributed by atoms with van der Waals surface area (Å²) in [6.07, 6.45) is 1.99. The van der Waals surface area contributed by atoms with Crippen LogP contribution in [0.15, 0.2) is 76.0 Å². The Balaban J connectivity index is 1.48. The summed E-state index contributed by atoms with van der Waals surface area (Å²) in [6.45, 7) is 3.37. The first-order chi connectivity index (χ1) is 17.4. The van der Waals surface area contributed by atoms with Crippen molar-refractivity contribution in [1.29, 1.82) is 0 Å². The number of aryl methyl sites for hydroxylation is 1. The van der Waals surface area contributed by atoms with Gasteiger partial charge >= 0.3 is 0 Å². The van der Waals surface area contributed by atoms with E-state index in [1.807, 2.05) is 25.1 Å². The van der Waals surface area contributed by atoms with E-state index >= 15 is 0 Å². The standard InChI is InChI=1S/C27H27N3O5S/c1-18-22-7-3-4-8-24(22)35-26(18)27(31)28-20-11-14-23(30-15-5-6-16-30)25(17-20)36(32,33)29-19-9-12-21(34-2)13-10-19/h3-4,7-14,17,29H,5-6,15-16H2,1-2H3,(H,28,31). The van der Waals surface area contributed by atoms with Gasteiger partial charge < -0.3 is 19.4 Å². The summed E-state index contributed by atoms with van der Waals surface area (Å²) in [7, 11) is -2.41. The van der Waals surface area contributed by atoms with Gasteiger partial charge in [0, 0.05) is 35.4 Å². The highest BCUT2D eigenvalue weighted by molar-refractivity contribution is 7.92. The van der Waals surface area contributed by atoms with Crippen molar-refractivity contribution < 1.29 is 22.4 Å². The molecule has 0 aliphatic carbocycles. The number of anilines is 3. The molecular formula is C27H27N3O5S. The molecule has 0 bridgehead atoms. The summed E-state index contributed by atoms with van der Waals surface area (Å²) in [6, 6.07) is 19.0. The van der Waals surface area contributed by atoms with Crippen LogP contribution in [-0.2, 0) is 10.0 Å². The maximum atomic E-state index is 13.5. The Hall–Kier alpha value is -3.98. The molecule has 186 valence electrons. The Bertz CT molecular complexity index is 1520. The first-order valence-corrected chi connectivity index (χ1v) is 13.2. The number of carbonyl (C=O) groups is 1. The molecule has 2 N–H and O–H groups in total. The third-order valence-corrected chi connectivity index (χ3v) is 7.76. The quantitative estimate of drug-likeness (QED) is 0.349. The van der Waals surface area contributed by atoms with Crippen molar-refractivity contribution in [2.24, 2.45) is 0 Å². The van der Waals surface area contributed by atoms with E-state index in [-0.39, 0.29) is 10.7 Å². The first kappa shape index (κ1) is 23.7. The average Bonchev–Trinajstić information content (AvgIpc) is 3.53. The lowest BCUT2D eigenvalue weighted by molar-refractivity contribution is 0.0998. The second-order valence-corrected chi connectivity index (χ2v) is 10.4. The molecule has 36 heavy (non-hydrogen) atoms. The number of nitrogens with zero attached hydrogens (tertiary/aromatic N) is 1. The maximum Gasteiger partial charge on any atom is 0.291 e. The van der Waals surface area contributed by atoms with Gasteiger partial charge in [0.15, 0.2) is 5.76 Å². The molecule has 1 aromatic heterocycles. The van der Waals surface area contributed by atoms with Gasteiger partial charge in [-0.25, -0.2) is 8.42 Å². The molecule has 3 aromatic carbocycles. The number of carbonyl (C=O) groups excluding carboxylic acids is 1. The van der Waals surface area contributed by atoms with Crippen molar-refractivity contribution in [3.8, 4) is 5.75 Å². The molecule has 0 atom stereocenters. The number of sulfonamides is 1. The minimum atomic E-state index is -3.96. The van der Waals surface area contributed by atoms with Crippen LogP contribution in [0.25, 0.3) is 11.0 Å². The van der Waals surface area contributed by atoms with Crippen molar-refractivity contribution in [3.63, 3.8) is 0 Å². The van der Waals surface area contributed by atoms with Crippen LogP contribution in [0.4, 0.5) is 17.1 Å². The van der Waals surface area contributed by atoms with E-state index in [0.29, 0.717) is 28.4 Å². The zero-order chi connectivity index (χ0) is 25.3. The van der Waals surface area contributed by atoms with E-state index in [4.69, 9.17) is 9.15 Å². The number of hydrogen-bond acceptors (Lipinski definition) is 6. The Morgan fingerprint density at radius 1 is 0.972 bits per heavy atom. The molecule has 4 aromatic rings. The summed E-state index contributed by atoms with van der Waals surface area (Å²) in [4.78, 5) is 15.2. The molecular weight excluding hydrogens is 478 g/mol. The van der Waals surface area contributed by atoms with Gasteiger partial charge in [-0.3, -0.25) is 9.52 Å². The smallest absolute Gasteiger partial charge is 0.291 e. The van der Waals surface area contributed by atoms with Gasteiger partial charge in [0.1, 0.15) is 16.2 Å². The topological polar surface area (TPSA) is 101 Å². The first-order valence-electron chi connectivity index (χ1n) is 11.7. The number of rotatable bonds is 7. The molecule has 1 aliphatic heterocycles. The number of amides is 1. The second kappa shape index (κ2) is 9.58. The van der Waals surface area contributed by atoms with Gasteiger partial charge in [-0.2, -0.15) is 0 Å². The van der Waals surface area contributed by atoms with Gasteiger partial charge in [-0.1, -0.05) is 18.2 Å². The highest BCUT2D eigenvalue weighted by atomic mass is 32.2. The molecule has 0 unspecified atom stereocenters. The third-order valence-electron chi connectivity index (χ3n) is 6.35. The fraction of sp³-hybridized carbons (Fsp3) is 0.222. The zero-order valence-corrected chi connectivity index (χ0v) is 20.9. The highest BCUT2D eigenvalue weighted by Gasteiger charge is 2.26. The molecule has 5 rings (SSSR count). The number of benzene rings is 3. The van der Waals surface area contributed by atoms with Crippen molar-refractivity contribution in [2.75, 3.05) is 35.1 Å². The number of para-hydroxylation sites is 1. The number of methoxy groups -OCH3 is 1. The molecule has 1 aliphatic rings. The lowest BCUT2D eigenvalue weighted by atomic mass is 10.1. The monoisotopic (exact) mass is 505 g/mol. The molecule has 0 spiro atoms. The van der Waals surface area contributed by atoms with E-state index in [9.17, 15) is 13.2 Å². The molecule has 0 saturated carbocycles. The normalized spacial score (nSPS) is 13.7. The van der Waals surface area contributed by atoms with Gasteiger partial charge in [0.2, 0.25) is 0 Å². The second-order valence-electron chi connectivity index (χ2n) is 8.72. The number of hydrogen-bond donors (Lipinski definition) is 2. The molecule has 8 nitrogen and oxygen atoms in total. The largest absolute Gasteiger partial charge is 0.497 e. The van der Waals surface area contributed by atoms with E-state index < -0.39 is 15.9 Å². The van der Waals surface area contributed by atoms with Crippen LogP contribution in [0, 0.1) is 6.92 Å². The molecule has 0 radical (unpaired) electrons. The van der Waals surface area contributed by atoms with Crippen LogP contribution < -0.4 is 19.7 Å². The summed E-state index contributed by atoms with van der Waals surface area (Å²) in [5.41, 5.74) is 2.72. The number of furan rings is 1. The van der Waals surface area contributed by atoms with Crippen molar-refractivity contribution in [3.05, 3.63) is 78.1 Å². The van der Waals surface area contributed by atoms with E-state index in [0.717, 1.165) is 36.9 Å². The third kappa shape index (κ3) is 4.61. The van der Waals surface area contributed by atoms with Crippen LogP contribution in [0.5, 0.6) is 5.75 Å². The van der Waals surface area contributed by atoms with E-state index in [1.165, 1.54) is 6.07 Å². The maximum absolute atomic E-state index is 13.5. The molecule has 1 saturated heterocycles. The van der Waals surface area contributed by atoms with Crippen LogP contribution in [-0.4, -0.2) is 34.5 Å². The Labute approximate surface area is 209 Å². The Kier molecular flexibility index (Phi) is 6.32. The van der Waals surface area contributed by atoms with Crippen molar-refractivity contribution >= 4 is 44.0 Å². The highest BCUT2D eigenvalue weighted by Crippen LogP contribution is 2.33. The van der Waals surface area contributed by atoms with Gasteiger partial charge in [-0.05, 0) is 68.3 Å². The number of ether oxygens (including phenoxy) is 1. The molecule has 1 amide bonds. The van der Waals surface area contributed by atoms with Gasteiger partial charge in [0.25, 0.3) is 15.9 Å². The Morgan fingerprint density at radius 2 is 1.67 bits per heavy atom. The minimum Gasteiger partial charge on any atom is -0.497 e. The fourth-order valence-electron chi connectivity index (χ4n) is 4.47. The lowest BCUT2D eigenvalue weighted by Crippen LogP contribution is -2.23. The summed E-state index contributed by atoms with van der Waals surface area (Å²) in [5, 5.41) is 3.67. The molecule has 9 heteroatoms. The van der Waals surface area contributed by atoms with Gasteiger partial charge in [0.05, 0.1) is 12.8 Å². The predicted molar refractivity (Wildman–Crippen MR) is 141 cm³/mol.